The molecule has 0 aromatic heterocycles. The number of benzene rings is 1. The highest BCUT2D eigenvalue weighted by Crippen LogP contribution is 2.10. The maximum Gasteiger partial charge on any atom is 0.0208 e. The number of aryl methyl sites for hydroxylation is 2. The van der Waals surface area contributed by atoms with Gasteiger partial charge < -0.3 is 5.32 Å². The van der Waals surface area contributed by atoms with Crippen LogP contribution in [-0.2, 0) is 6.54 Å². The van der Waals surface area contributed by atoms with Crippen molar-refractivity contribution in [2.75, 3.05) is 0 Å². The van der Waals surface area contributed by atoms with Gasteiger partial charge in [0.1, 0.15) is 0 Å². The minimum absolute atomic E-state index is 0.576. The van der Waals surface area contributed by atoms with Gasteiger partial charge in [0.2, 0.25) is 0 Å². The molecule has 0 aliphatic rings. The average molecular weight is 205 g/mol. The van der Waals surface area contributed by atoms with Gasteiger partial charge in [-0.2, -0.15) is 0 Å². The van der Waals surface area contributed by atoms with Gasteiger partial charge in [-0.05, 0) is 43.4 Å². The van der Waals surface area contributed by atoms with Gasteiger partial charge in [-0.15, -0.1) is 0 Å². The molecule has 0 unspecified atom stereocenters. The van der Waals surface area contributed by atoms with Crippen LogP contribution in [0.5, 0.6) is 0 Å². The van der Waals surface area contributed by atoms with E-state index in [1.54, 1.807) is 0 Å². The molecule has 0 saturated heterocycles. The molecule has 0 aliphatic carbocycles. The van der Waals surface area contributed by atoms with Gasteiger partial charge in [-0.3, -0.25) is 0 Å². The predicted molar refractivity (Wildman–Crippen MR) is 67.1 cm³/mol. The molecule has 1 nitrogen and oxygen atoms in total. The highest BCUT2D eigenvalue weighted by atomic mass is 14.9. The van der Waals surface area contributed by atoms with Crippen molar-refractivity contribution >= 4 is 0 Å². The molecule has 0 radical (unpaired) electrons. The first-order chi connectivity index (χ1) is 7.00. The first-order valence-corrected chi connectivity index (χ1v) is 5.80. The SMILES string of the molecule is Cc1ccc(CN[C@@H](C)C(C)C)cc1C. The topological polar surface area (TPSA) is 12.0 Å². The largest absolute Gasteiger partial charge is 0.310 e. The van der Waals surface area contributed by atoms with E-state index in [4.69, 9.17) is 0 Å². The lowest BCUT2D eigenvalue weighted by atomic mass is 10.0. The zero-order valence-corrected chi connectivity index (χ0v) is 10.6. The van der Waals surface area contributed by atoms with E-state index in [9.17, 15) is 0 Å². The normalized spacial score (nSPS) is 13.2. The molecule has 1 heteroatoms. The second-order valence-electron chi connectivity index (χ2n) is 4.83. The van der Waals surface area contributed by atoms with Gasteiger partial charge >= 0.3 is 0 Å². The number of hydrogen-bond donors (Lipinski definition) is 1. The molecule has 0 fully saturated rings. The Balaban J connectivity index is 2.55. The Morgan fingerprint density at radius 2 is 1.73 bits per heavy atom. The minimum Gasteiger partial charge on any atom is -0.310 e. The van der Waals surface area contributed by atoms with Gasteiger partial charge in [0.25, 0.3) is 0 Å². The maximum atomic E-state index is 3.55. The lowest BCUT2D eigenvalue weighted by Gasteiger charge is -2.17. The van der Waals surface area contributed by atoms with Crippen LogP contribution in [0.2, 0.25) is 0 Å². The molecular formula is C14H23N. The quantitative estimate of drug-likeness (QED) is 0.794. The van der Waals surface area contributed by atoms with Crippen LogP contribution in [0, 0.1) is 19.8 Å². The molecule has 0 bridgehead atoms. The molecule has 0 saturated carbocycles. The Hall–Kier alpha value is -0.820. The smallest absolute Gasteiger partial charge is 0.0208 e. The molecule has 1 aromatic carbocycles. The Labute approximate surface area is 93.9 Å². The fourth-order valence-corrected chi connectivity index (χ4v) is 1.43. The van der Waals surface area contributed by atoms with Crippen molar-refractivity contribution in [1.29, 1.82) is 0 Å². The monoisotopic (exact) mass is 205 g/mol. The minimum atomic E-state index is 0.576. The second kappa shape index (κ2) is 5.32. The summed E-state index contributed by atoms with van der Waals surface area (Å²) in [5, 5.41) is 3.55. The molecule has 84 valence electrons. The molecular weight excluding hydrogens is 182 g/mol. The summed E-state index contributed by atoms with van der Waals surface area (Å²) in [5.74, 6) is 0.691. The van der Waals surface area contributed by atoms with Crippen LogP contribution in [0.25, 0.3) is 0 Å². The Bertz CT molecular complexity index is 315. The standard InChI is InChI=1S/C14H23N/c1-10(2)13(5)15-9-14-7-6-11(3)12(4)8-14/h6-8,10,13,15H,9H2,1-5H3/t13-/m0/s1. The van der Waals surface area contributed by atoms with Crippen molar-refractivity contribution in [3.05, 3.63) is 34.9 Å². The predicted octanol–water partition coefficient (Wildman–Crippen LogP) is 3.44. The van der Waals surface area contributed by atoms with E-state index in [1.807, 2.05) is 0 Å². The molecule has 1 atom stereocenters. The summed E-state index contributed by atoms with van der Waals surface area (Å²) in [4.78, 5) is 0. The summed E-state index contributed by atoms with van der Waals surface area (Å²) < 4.78 is 0. The lowest BCUT2D eigenvalue weighted by molar-refractivity contribution is 0.426. The summed E-state index contributed by atoms with van der Waals surface area (Å²) in [5.41, 5.74) is 4.13. The molecule has 1 rings (SSSR count). The molecule has 0 spiro atoms. The van der Waals surface area contributed by atoms with E-state index in [0.717, 1.165) is 6.54 Å². The van der Waals surface area contributed by atoms with Crippen molar-refractivity contribution in [3.63, 3.8) is 0 Å². The maximum absolute atomic E-state index is 3.55. The zero-order valence-electron chi connectivity index (χ0n) is 10.6. The molecule has 0 amide bonds. The average Bonchev–Trinajstić information content (AvgIpc) is 2.19. The van der Waals surface area contributed by atoms with Crippen LogP contribution in [0.1, 0.15) is 37.5 Å². The first kappa shape index (κ1) is 12.3. The van der Waals surface area contributed by atoms with Crippen molar-refractivity contribution < 1.29 is 0 Å². The lowest BCUT2D eigenvalue weighted by Crippen LogP contribution is -2.30. The van der Waals surface area contributed by atoms with E-state index in [0.29, 0.717) is 12.0 Å². The molecule has 0 heterocycles. The fourth-order valence-electron chi connectivity index (χ4n) is 1.43. The molecule has 1 N–H and O–H groups in total. The van der Waals surface area contributed by atoms with E-state index >= 15 is 0 Å². The fraction of sp³-hybridized carbons (Fsp3) is 0.571. The van der Waals surface area contributed by atoms with Crippen molar-refractivity contribution in [1.82, 2.24) is 5.32 Å². The van der Waals surface area contributed by atoms with Crippen molar-refractivity contribution in [2.24, 2.45) is 5.92 Å². The highest BCUT2D eigenvalue weighted by Gasteiger charge is 2.05. The number of hydrogen-bond acceptors (Lipinski definition) is 1. The van der Waals surface area contributed by atoms with E-state index < -0.39 is 0 Å². The summed E-state index contributed by atoms with van der Waals surface area (Å²) in [6.45, 7) is 12.0. The summed E-state index contributed by atoms with van der Waals surface area (Å²) in [7, 11) is 0. The van der Waals surface area contributed by atoms with Crippen LogP contribution in [-0.4, -0.2) is 6.04 Å². The van der Waals surface area contributed by atoms with E-state index in [2.05, 4.69) is 58.1 Å². The Kier molecular flexibility index (Phi) is 4.34. The molecule has 15 heavy (non-hydrogen) atoms. The first-order valence-electron chi connectivity index (χ1n) is 5.80. The van der Waals surface area contributed by atoms with Crippen LogP contribution in [0.4, 0.5) is 0 Å². The van der Waals surface area contributed by atoms with Gasteiger partial charge in [0.05, 0.1) is 0 Å². The molecule has 0 aliphatic heterocycles. The third-order valence-corrected chi connectivity index (χ3v) is 3.20. The second-order valence-corrected chi connectivity index (χ2v) is 4.83. The highest BCUT2D eigenvalue weighted by molar-refractivity contribution is 5.29. The summed E-state index contributed by atoms with van der Waals surface area (Å²) >= 11 is 0. The van der Waals surface area contributed by atoms with Crippen molar-refractivity contribution in [2.45, 2.75) is 47.2 Å². The molecule has 1 aromatic rings. The zero-order chi connectivity index (χ0) is 11.4. The van der Waals surface area contributed by atoms with Crippen molar-refractivity contribution in [3.8, 4) is 0 Å². The van der Waals surface area contributed by atoms with Gasteiger partial charge in [-0.25, -0.2) is 0 Å². The summed E-state index contributed by atoms with van der Waals surface area (Å²) in [6, 6.07) is 7.26. The van der Waals surface area contributed by atoms with Crippen LogP contribution in [0.15, 0.2) is 18.2 Å². The van der Waals surface area contributed by atoms with Gasteiger partial charge in [0, 0.05) is 12.6 Å². The Morgan fingerprint density at radius 1 is 1.07 bits per heavy atom. The number of rotatable bonds is 4. The Morgan fingerprint density at radius 3 is 2.27 bits per heavy atom. The summed E-state index contributed by atoms with van der Waals surface area (Å²) in [6.07, 6.45) is 0. The van der Waals surface area contributed by atoms with Crippen LogP contribution in [0.3, 0.4) is 0 Å². The number of nitrogens with one attached hydrogen (secondary N) is 1. The third kappa shape index (κ3) is 3.67. The van der Waals surface area contributed by atoms with Gasteiger partial charge in [-0.1, -0.05) is 32.0 Å². The third-order valence-electron chi connectivity index (χ3n) is 3.20. The van der Waals surface area contributed by atoms with E-state index in [1.165, 1.54) is 16.7 Å². The van der Waals surface area contributed by atoms with E-state index in [-0.39, 0.29) is 0 Å². The van der Waals surface area contributed by atoms with Gasteiger partial charge in [0.15, 0.2) is 0 Å². The van der Waals surface area contributed by atoms with Crippen LogP contribution >= 0.6 is 0 Å². The van der Waals surface area contributed by atoms with Crippen LogP contribution < -0.4 is 5.32 Å².